The Morgan fingerprint density at radius 1 is 1.40 bits per heavy atom. The number of methoxy groups -OCH3 is 1. The van der Waals surface area contributed by atoms with Crippen LogP contribution in [0.2, 0.25) is 0 Å². The van der Waals surface area contributed by atoms with Gasteiger partial charge in [0, 0.05) is 6.07 Å². The quantitative estimate of drug-likeness (QED) is 0.622. The lowest BCUT2D eigenvalue weighted by atomic mass is 10.3. The van der Waals surface area contributed by atoms with E-state index in [0.717, 1.165) is 4.57 Å². The number of alkyl halides is 5. The molecule has 1 aromatic heterocycles. The Labute approximate surface area is 117 Å². The maximum absolute atomic E-state index is 13.2. The van der Waals surface area contributed by atoms with E-state index in [0.29, 0.717) is 16.8 Å². The van der Waals surface area contributed by atoms with Crippen molar-refractivity contribution in [3.8, 4) is 5.75 Å². The third-order valence-electron chi connectivity index (χ3n) is 2.84. The second-order valence-electron chi connectivity index (χ2n) is 4.16. The van der Waals surface area contributed by atoms with Crippen molar-refractivity contribution in [1.29, 1.82) is 0 Å². The number of hydrogen-bond donors (Lipinski definition) is 0. The highest BCUT2D eigenvalue weighted by Crippen LogP contribution is 2.29. The van der Waals surface area contributed by atoms with Gasteiger partial charge in [0.1, 0.15) is 11.6 Å². The first kappa shape index (κ1) is 14.9. The number of halogens is 5. The molecule has 0 N–H and O–H groups in total. The van der Waals surface area contributed by atoms with Gasteiger partial charge < -0.3 is 9.30 Å². The van der Waals surface area contributed by atoms with Crippen LogP contribution in [0.25, 0.3) is 11.0 Å². The Balaban J connectivity index is 2.51. The average molecular weight is 311 g/mol. The fourth-order valence-corrected chi connectivity index (χ4v) is 2.05. The summed E-state index contributed by atoms with van der Waals surface area (Å²) in [7, 11) is 1.45. The molecule has 0 saturated carbocycles. The topological polar surface area (TPSA) is 27.1 Å². The van der Waals surface area contributed by atoms with Crippen molar-refractivity contribution in [2.45, 2.75) is 24.8 Å². The van der Waals surface area contributed by atoms with Crippen LogP contribution in [0.15, 0.2) is 18.2 Å². The molecule has 0 fully saturated rings. The molecule has 0 aliphatic heterocycles. The van der Waals surface area contributed by atoms with Crippen molar-refractivity contribution in [2.24, 2.45) is 0 Å². The van der Waals surface area contributed by atoms with E-state index in [1.807, 2.05) is 0 Å². The summed E-state index contributed by atoms with van der Waals surface area (Å²) in [6.45, 7) is -1.17. The Bertz CT molecular complexity index is 615. The van der Waals surface area contributed by atoms with Gasteiger partial charge in [-0.15, -0.1) is 11.6 Å². The second-order valence-corrected chi connectivity index (χ2v) is 4.43. The zero-order valence-corrected chi connectivity index (χ0v) is 11.2. The van der Waals surface area contributed by atoms with Crippen LogP contribution in [0.3, 0.4) is 0 Å². The van der Waals surface area contributed by atoms with Crippen molar-refractivity contribution in [2.75, 3.05) is 7.11 Å². The summed E-state index contributed by atoms with van der Waals surface area (Å²) in [5.41, 5.74) is 0.673. The van der Waals surface area contributed by atoms with Crippen LogP contribution in [0, 0.1) is 0 Å². The van der Waals surface area contributed by atoms with Gasteiger partial charge in [-0.2, -0.15) is 8.78 Å². The molecule has 3 nitrogen and oxygen atoms in total. The maximum Gasteiger partial charge on any atom is 0.324 e. The lowest BCUT2D eigenvalue weighted by molar-refractivity contribution is -0.137. The number of ether oxygens (including phenoxy) is 1. The summed E-state index contributed by atoms with van der Waals surface area (Å²) in [5, 5.41) is 0. The molecule has 0 amide bonds. The van der Waals surface area contributed by atoms with Gasteiger partial charge in [-0.1, -0.05) is 0 Å². The zero-order valence-electron chi connectivity index (χ0n) is 10.4. The van der Waals surface area contributed by atoms with Gasteiger partial charge in [-0.05, 0) is 12.1 Å². The number of aromatic nitrogens is 2. The monoisotopic (exact) mass is 310 g/mol. The molecule has 8 heteroatoms. The molecule has 1 aromatic carbocycles. The highest BCUT2D eigenvalue weighted by Gasteiger charge is 2.41. The fourth-order valence-electron chi connectivity index (χ4n) is 1.84. The molecule has 2 rings (SSSR count). The second kappa shape index (κ2) is 5.47. The number of hydrogen-bond acceptors (Lipinski definition) is 2. The van der Waals surface area contributed by atoms with E-state index < -0.39 is 18.9 Å². The molecule has 0 unspecified atom stereocenters. The average Bonchev–Trinajstić information content (AvgIpc) is 2.75. The number of benzene rings is 1. The van der Waals surface area contributed by atoms with Gasteiger partial charge in [0.05, 0.1) is 30.6 Å². The summed E-state index contributed by atoms with van der Waals surface area (Å²) < 4.78 is 57.1. The van der Waals surface area contributed by atoms with Gasteiger partial charge in [0.25, 0.3) is 0 Å². The third kappa shape index (κ3) is 2.67. The minimum absolute atomic E-state index is 0.107. The molecular formula is C12H11ClF4N2O. The first-order valence-corrected chi connectivity index (χ1v) is 6.17. The van der Waals surface area contributed by atoms with E-state index in [-0.39, 0.29) is 11.7 Å². The zero-order chi connectivity index (χ0) is 14.9. The van der Waals surface area contributed by atoms with E-state index >= 15 is 0 Å². The molecule has 2 aromatic rings. The van der Waals surface area contributed by atoms with E-state index in [2.05, 4.69) is 4.98 Å². The van der Waals surface area contributed by atoms with Crippen molar-refractivity contribution in [1.82, 2.24) is 9.55 Å². The van der Waals surface area contributed by atoms with Crippen LogP contribution >= 0.6 is 11.6 Å². The third-order valence-corrected chi connectivity index (χ3v) is 3.08. The van der Waals surface area contributed by atoms with Gasteiger partial charge in [-0.25, -0.2) is 13.8 Å². The molecule has 0 saturated heterocycles. The molecular weight excluding hydrogens is 300 g/mol. The molecule has 0 aliphatic carbocycles. The van der Waals surface area contributed by atoms with Crippen LogP contribution in [-0.4, -0.2) is 29.0 Å². The molecule has 110 valence electrons. The molecule has 1 heterocycles. The molecule has 0 atom stereocenters. The molecule has 20 heavy (non-hydrogen) atoms. The van der Waals surface area contributed by atoms with Gasteiger partial charge >= 0.3 is 12.3 Å². The number of nitrogens with zero attached hydrogens (tertiary/aromatic N) is 2. The molecule has 0 spiro atoms. The normalized spacial score (nSPS) is 12.3. The van der Waals surface area contributed by atoms with Crippen LogP contribution in [0.4, 0.5) is 17.6 Å². The van der Waals surface area contributed by atoms with E-state index in [4.69, 9.17) is 16.3 Å². The van der Waals surface area contributed by atoms with Crippen LogP contribution in [-0.2, 0) is 12.4 Å². The minimum atomic E-state index is -4.14. The minimum Gasteiger partial charge on any atom is -0.497 e. The lowest BCUT2D eigenvalue weighted by Gasteiger charge is -2.17. The van der Waals surface area contributed by atoms with E-state index in [1.165, 1.54) is 19.2 Å². The first-order valence-electron chi connectivity index (χ1n) is 5.64. The Hall–Kier alpha value is -1.50. The van der Waals surface area contributed by atoms with Gasteiger partial charge in [-0.3, -0.25) is 0 Å². The first-order chi connectivity index (χ1) is 9.39. The number of rotatable bonds is 5. The largest absolute Gasteiger partial charge is 0.497 e. The molecule has 0 aliphatic rings. The highest BCUT2D eigenvalue weighted by molar-refractivity contribution is 6.16. The smallest absolute Gasteiger partial charge is 0.324 e. The predicted octanol–water partition coefficient (Wildman–Crippen LogP) is 3.68. The maximum atomic E-state index is 13.2. The van der Waals surface area contributed by atoms with Crippen molar-refractivity contribution >= 4 is 22.6 Å². The summed E-state index contributed by atoms with van der Waals surface area (Å²) in [5.74, 6) is -3.70. The number of fused-ring (bicyclic) bond motifs is 1. The van der Waals surface area contributed by atoms with Crippen molar-refractivity contribution in [3.05, 3.63) is 24.0 Å². The van der Waals surface area contributed by atoms with Crippen molar-refractivity contribution in [3.63, 3.8) is 0 Å². The fraction of sp³-hybridized carbons (Fsp3) is 0.417. The molecule has 0 bridgehead atoms. The Kier molecular flexibility index (Phi) is 4.08. The lowest BCUT2D eigenvalue weighted by Crippen LogP contribution is -2.32. The summed E-state index contributed by atoms with van der Waals surface area (Å²) >= 11 is 5.64. The van der Waals surface area contributed by atoms with Gasteiger partial charge in [0.2, 0.25) is 0 Å². The summed E-state index contributed by atoms with van der Waals surface area (Å²) in [6.07, 6.45) is -3.75. The van der Waals surface area contributed by atoms with Crippen LogP contribution < -0.4 is 4.74 Å². The Morgan fingerprint density at radius 2 is 2.10 bits per heavy atom. The number of imidazole rings is 1. The molecule has 0 radical (unpaired) electrons. The Morgan fingerprint density at radius 3 is 2.65 bits per heavy atom. The highest BCUT2D eigenvalue weighted by atomic mass is 35.5. The summed E-state index contributed by atoms with van der Waals surface area (Å²) in [4.78, 5) is 4.06. The summed E-state index contributed by atoms with van der Waals surface area (Å²) in [6, 6.07) is 4.56. The van der Waals surface area contributed by atoms with E-state index in [9.17, 15) is 17.6 Å². The van der Waals surface area contributed by atoms with Gasteiger partial charge in [0.15, 0.2) is 0 Å². The van der Waals surface area contributed by atoms with Crippen LogP contribution in [0.5, 0.6) is 5.75 Å². The van der Waals surface area contributed by atoms with Crippen LogP contribution in [0.1, 0.15) is 5.82 Å². The predicted molar refractivity (Wildman–Crippen MR) is 66.8 cm³/mol. The standard InChI is InChI=1S/C12H11ClF4N2O/c1-20-7-2-3-9-8(4-7)18-10(5-13)19(9)6-12(16,17)11(14)15/h2-4,11H,5-6H2,1H3. The van der Waals surface area contributed by atoms with Crippen molar-refractivity contribution < 1.29 is 22.3 Å². The SMILES string of the molecule is COc1ccc2c(c1)nc(CCl)n2CC(F)(F)C(F)F. The van der Waals surface area contributed by atoms with E-state index in [1.54, 1.807) is 6.07 Å².